The number of fused-ring (bicyclic) bond motifs is 1. The summed E-state index contributed by atoms with van der Waals surface area (Å²) in [5.74, 6) is 0. The number of hydrogen-bond donors (Lipinski definition) is 2. The molecule has 0 amide bonds. The lowest BCUT2D eigenvalue weighted by atomic mass is 9.91. The fourth-order valence-electron chi connectivity index (χ4n) is 1.87. The first-order chi connectivity index (χ1) is 7.39. The molecule has 0 spiro atoms. The van der Waals surface area contributed by atoms with Crippen molar-refractivity contribution in [1.29, 1.82) is 0 Å². The molecule has 0 aromatic heterocycles. The molecular weight excluding hydrogens is 232 g/mol. The SMILES string of the molecule is [B][C@@H]1O[C@H](COC(C)C)C2OP(=O)(O)NC21. The Kier molecular flexibility index (Phi) is 3.45. The van der Waals surface area contributed by atoms with E-state index in [1.54, 1.807) is 0 Å². The van der Waals surface area contributed by atoms with Gasteiger partial charge in [0.05, 0.1) is 18.8 Å². The summed E-state index contributed by atoms with van der Waals surface area (Å²) in [5, 5.41) is 2.44. The molecule has 0 bridgehead atoms. The van der Waals surface area contributed by atoms with E-state index in [9.17, 15) is 9.46 Å². The van der Waals surface area contributed by atoms with Crippen LogP contribution in [0.2, 0.25) is 0 Å². The lowest BCUT2D eigenvalue weighted by molar-refractivity contribution is -0.0424. The molecule has 2 heterocycles. The molecule has 2 aliphatic heterocycles. The molecule has 8 heteroatoms. The minimum absolute atomic E-state index is 0.0640. The van der Waals surface area contributed by atoms with Crippen molar-refractivity contribution in [2.75, 3.05) is 6.61 Å². The van der Waals surface area contributed by atoms with Gasteiger partial charge in [0.2, 0.25) is 0 Å². The predicted octanol–water partition coefficient (Wildman–Crippen LogP) is -0.238. The van der Waals surface area contributed by atoms with Crippen molar-refractivity contribution in [3.05, 3.63) is 0 Å². The Hall–Kier alpha value is 0.0949. The molecule has 0 aliphatic carbocycles. The van der Waals surface area contributed by atoms with Crippen molar-refractivity contribution in [3.8, 4) is 0 Å². The van der Waals surface area contributed by atoms with Gasteiger partial charge in [0, 0.05) is 6.00 Å². The van der Waals surface area contributed by atoms with E-state index in [4.69, 9.17) is 21.8 Å². The van der Waals surface area contributed by atoms with Crippen LogP contribution in [0.15, 0.2) is 0 Å². The molecule has 2 rings (SSSR count). The maximum absolute atomic E-state index is 11.3. The second-order valence-electron chi connectivity index (χ2n) is 4.27. The van der Waals surface area contributed by atoms with Crippen LogP contribution in [0.3, 0.4) is 0 Å². The molecule has 6 nitrogen and oxygen atoms in total. The zero-order chi connectivity index (χ0) is 11.9. The largest absolute Gasteiger partial charge is 0.403 e. The third-order valence-electron chi connectivity index (χ3n) is 2.58. The number of hydrogen-bond acceptors (Lipinski definition) is 4. The van der Waals surface area contributed by atoms with E-state index in [-0.39, 0.29) is 6.10 Å². The minimum Gasteiger partial charge on any atom is -0.378 e. The van der Waals surface area contributed by atoms with Crippen LogP contribution >= 0.6 is 7.75 Å². The zero-order valence-corrected chi connectivity index (χ0v) is 10.1. The van der Waals surface area contributed by atoms with E-state index in [1.165, 1.54) is 0 Å². The molecule has 0 aromatic rings. The normalized spacial score (nSPS) is 47.5. The Balaban J connectivity index is 1.99. The molecule has 3 unspecified atom stereocenters. The quantitative estimate of drug-likeness (QED) is 0.529. The van der Waals surface area contributed by atoms with Gasteiger partial charge in [-0.1, -0.05) is 0 Å². The van der Waals surface area contributed by atoms with Crippen LogP contribution in [0.4, 0.5) is 0 Å². The number of ether oxygens (including phenoxy) is 2. The molecule has 2 radical (unpaired) electrons. The van der Waals surface area contributed by atoms with E-state index < -0.39 is 32.0 Å². The maximum Gasteiger partial charge on any atom is 0.403 e. The lowest BCUT2D eigenvalue weighted by Crippen LogP contribution is -2.37. The van der Waals surface area contributed by atoms with E-state index in [1.807, 2.05) is 13.8 Å². The van der Waals surface area contributed by atoms with E-state index in [0.717, 1.165) is 0 Å². The molecule has 90 valence electrons. The van der Waals surface area contributed by atoms with Gasteiger partial charge in [-0.2, -0.15) is 0 Å². The monoisotopic (exact) mass is 247 g/mol. The van der Waals surface area contributed by atoms with Gasteiger partial charge < -0.3 is 14.4 Å². The highest BCUT2D eigenvalue weighted by atomic mass is 31.2. The topological polar surface area (TPSA) is 77.0 Å². The highest BCUT2D eigenvalue weighted by Gasteiger charge is 2.53. The fourth-order valence-corrected chi connectivity index (χ4v) is 3.20. The molecule has 2 fully saturated rings. The molecule has 0 saturated carbocycles. The van der Waals surface area contributed by atoms with Crippen molar-refractivity contribution >= 4 is 15.6 Å². The standard InChI is InChI=1S/C8H15BNO5P/c1-4(2)13-3-5-7-6(8(9)14-5)10-16(11,12)15-7/h4-8H,3H2,1-2H3,(H2,10,11,12)/t5-,6?,7?,8-/m1/s1. The summed E-state index contributed by atoms with van der Waals surface area (Å²) >= 11 is 0. The Bertz CT molecular complexity index is 315. The van der Waals surface area contributed by atoms with E-state index in [0.29, 0.717) is 6.61 Å². The number of nitrogens with one attached hydrogen (secondary N) is 1. The van der Waals surface area contributed by atoms with Gasteiger partial charge in [-0.15, -0.1) is 0 Å². The van der Waals surface area contributed by atoms with Gasteiger partial charge in [-0.05, 0) is 13.8 Å². The average Bonchev–Trinajstić information content (AvgIpc) is 2.59. The molecule has 2 aliphatic rings. The Morgan fingerprint density at radius 3 is 2.94 bits per heavy atom. The summed E-state index contributed by atoms with van der Waals surface area (Å²) in [7, 11) is 1.98. The lowest BCUT2D eigenvalue weighted by Gasteiger charge is -2.18. The average molecular weight is 247 g/mol. The van der Waals surface area contributed by atoms with Crippen LogP contribution < -0.4 is 5.09 Å². The maximum atomic E-state index is 11.3. The second-order valence-corrected chi connectivity index (χ2v) is 5.78. The van der Waals surface area contributed by atoms with Gasteiger partial charge in [-0.25, -0.2) is 9.65 Å². The first-order valence-electron chi connectivity index (χ1n) is 5.21. The van der Waals surface area contributed by atoms with Crippen LogP contribution in [-0.2, 0) is 18.6 Å². The first kappa shape index (κ1) is 12.5. The van der Waals surface area contributed by atoms with Gasteiger partial charge in [-0.3, -0.25) is 4.52 Å². The van der Waals surface area contributed by atoms with Crippen LogP contribution in [0, 0.1) is 0 Å². The molecule has 2 saturated heterocycles. The Labute approximate surface area is 95.6 Å². The summed E-state index contributed by atoms with van der Waals surface area (Å²) < 4.78 is 27.1. The zero-order valence-electron chi connectivity index (χ0n) is 9.20. The first-order valence-corrected chi connectivity index (χ1v) is 6.78. The van der Waals surface area contributed by atoms with Crippen LogP contribution in [0.5, 0.6) is 0 Å². The summed E-state index contributed by atoms with van der Waals surface area (Å²) in [6.45, 7) is 4.10. The fraction of sp³-hybridized carbons (Fsp3) is 1.00. The predicted molar refractivity (Wildman–Crippen MR) is 57.1 cm³/mol. The summed E-state index contributed by atoms with van der Waals surface area (Å²) in [6.07, 6.45) is -0.864. The van der Waals surface area contributed by atoms with Crippen molar-refractivity contribution in [1.82, 2.24) is 5.09 Å². The molecule has 5 atom stereocenters. The van der Waals surface area contributed by atoms with Crippen molar-refractivity contribution in [2.24, 2.45) is 0 Å². The summed E-state index contributed by atoms with van der Waals surface area (Å²) in [6, 6.07) is -1.09. The Morgan fingerprint density at radius 1 is 1.62 bits per heavy atom. The van der Waals surface area contributed by atoms with Gasteiger partial charge in [0.25, 0.3) is 0 Å². The Morgan fingerprint density at radius 2 is 2.31 bits per heavy atom. The van der Waals surface area contributed by atoms with Crippen LogP contribution in [-0.4, -0.2) is 49.7 Å². The smallest absolute Gasteiger partial charge is 0.378 e. The van der Waals surface area contributed by atoms with E-state index >= 15 is 0 Å². The van der Waals surface area contributed by atoms with Crippen molar-refractivity contribution in [2.45, 2.75) is 44.2 Å². The van der Waals surface area contributed by atoms with Crippen LogP contribution in [0.25, 0.3) is 0 Å². The van der Waals surface area contributed by atoms with Gasteiger partial charge in [0.1, 0.15) is 20.1 Å². The summed E-state index contributed by atoms with van der Waals surface area (Å²) in [4.78, 5) is 9.28. The molecule has 0 aromatic carbocycles. The molecular formula is C8H15BNO5P. The highest BCUT2D eigenvalue weighted by molar-refractivity contribution is 7.50. The minimum atomic E-state index is -3.71. The third kappa shape index (κ3) is 2.50. The van der Waals surface area contributed by atoms with E-state index in [2.05, 4.69) is 5.09 Å². The van der Waals surface area contributed by atoms with Gasteiger partial charge >= 0.3 is 7.75 Å². The summed E-state index contributed by atoms with van der Waals surface area (Å²) in [5.41, 5.74) is 0. The third-order valence-corrected chi connectivity index (χ3v) is 3.73. The van der Waals surface area contributed by atoms with Gasteiger partial charge in [0.15, 0.2) is 0 Å². The van der Waals surface area contributed by atoms with Crippen LogP contribution in [0.1, 0.15) is 13.8 Å². The van der Waals surface area contributed by atoms with Crippen molar-refractivity contribution in [3.63, 3.8) is 0 Å². The molecule has 16 heavy (non-hydrogen) atoms. The number of rotatable bonds is 3. The second kappa shape index (κ2) is 4.40. The highest BCUT2D eigenvalue weighted by Crippen LogP contribution is 2.49. The van der Waals surface area contributed by atoms with Crippen molar-refractivity contribution < 1.29 is 23.5 Å². The molecule has 2 N–H and O–H groups in total.